The third-order valence-corrected chi connectivity index (χ3v) is 4.61. The van der Waals surface area contributed by atoms with E-state index in [-0.39, 0.29) is 6.10 Å². The van der Waals surface area contributed by atoms with Crippen LogP contribution in [0.5, 0.6) is 0 Å². The summed E-state index contributed by atoms with van der Waals surface area (Å²) in [4.78, 5) is 6.98. The van der Waals surface area contributed by atoms with Crippen molar-refractivity contribution in [2.75, 3.05) is 4.90 Å². The number of benzene rings is 1. The molecule has 2 fully saturated rings. The number of aromatic nitrogens is 1. The molecular weight excluding hydrogens is 236 g/mol. The molecule has 4 rings (SSSR count). The van der Waals surface area contributed by atoms with Crippen molar-refractivity contribution in [3.05, 3.63) is 36.5 Å². The van der Waals surface area contributed by atoms with Crippen molar-refractivity contribution in [3.63, 3.8) is 0 Å². The fourth-order valence-electron chi connectivity index (χ4n) is 3.85. The first kappa shape index (κ1) is 11.2. The number of aliphatic hydroxyl groups is 1. The van der Waals surface area contributed by atoms with Crippen LogP contribution in [0.3, 0.4) is 0 Å². The van der Waals surface area contributed by atoms with E-state index in [2.05, 4.69) is 34.1 Å². The summed E-state index contributed by atoms with van der Waals surface area (Å²) in [6, 6.07) is 11.5. The number of piperidine rings is 1. The van der Waals surface area contributed by atoms with Gasteiger partial charge in [-0.2, -0.15) is 0 Å². The zero-order chi connectivity index (χ0) is 12.8. The maximum absolute atomic E-state index is 9.93. The fraction of sp³-hybridized carbons (Fsp3) is 0.438. The lowest BCUT2D eigenvalue weighted by Crippen LogP contribution is -2.44. The van der Waals surface area contributed by atoms with Crippen LogP contribution in [0, 0.1) is 0 Å². The molecule has 2 bridgehead atoms. The molecule has 3 heterocycles. The minimum Gasteiger partial charge on any atom is -0.393 e. The van der Waals surface area contributed by atoms with E-state index in [9.17, 15) is 5.11 Å². The fourth-order valence-corrected chi connectivity index (χ4v) is 3.85. The summed E-state index contributed by atoms with van der Waals surface area (Å²) >= 11 is 0. The lowest BCUT2D eigenvalue weighted by molar-refractivity contribution is 0.126. The molecule has 98 valence electrons. The van der Waals surface area contributed by atoms with Gasteiger partial charge in [0.05, 0.1) is 11.6 Å². The van der Waals surface area contributed by atoms with Crippen molar-refractivity contribution in [1.82, 2.24) is 4.98 Å². The van der Waals surface area contributed by atoms with Gasteiger partial charge in [-0.25, -0.2) is 0 Å². The quantitative estimate of drug-likeness (QED) is 0.850. The van der Waals surface area contributed by atoms with E-state index in [1.54, 1.807) is 0 Å². The highest BCUT2D eigenvalue weighted by molar-refractivity contribution is 5.91. The Morgan fingerprint density at radius 3 is 2.58 bits per heavy atom. The molecule has 2 aliphatic heterocycles. The molecule has 2 aliphatic rings. The van der Waals surface area contributed by atoms with Crippen LogP contribution in [0.25, 0.3) is 10.9 Å². The van der Waals surface area contributed by atoms with Crippen molar-refractivity contribution < 1.29 is 5.11 Å². The number of hydrogen-bond acceptors (Lipinski definition) is 3. The van der Waals surface area contributed by atoms with Crippen LogP contribution in [0.1, 0.15) is 25.7 Å². The Morgan fingerprint density at radius 2 is 1.79 bits per heavy atom. The number of para-hydroxylation sites is 1. The van der Waals surface area contributed by atoms with Crippen molar-refractivity contribution in [2.45, 2.75) is 43.9 Å². The van der Waals surface area contributed by atoms with E-state index in [1.807, 2.05) is 12.3 Å². The number of nitrogens with zero attached hydrogens (tertiary/aromatic N) is 2. The standard InChI is InChI=1S/C16H18N2O/c19-13-9-11-5-6-12(10-13)18(11)16-7-8-17-15-4-2-1-3-14(15)16/h1-4,7-8,11-13,19H,5-6,9-10H2. The van der Waals surface area contributed by atoms with Gasteiger partial charge in [0.1, 0.15) is 0 Å². The zero-order valence-electron chi connectivity index (χ0n) is 10.9. The second-order valence-electron chi connectivity index (χ2n) is 5.76. The number of fused-ring (bicyclic) bond motifs is 3. The average Bonchev–Trinajstić information content (AvgIpc) is 2.70. The first-order chi connectivity index (χ1) is 9.33. The lowest BCUT2D eigenvalue weighted by atomic mass is 9.98. The van der Waals surface area contributed by atoms with Crippen LogP contribution in [-0.4, -0.2) is 28.3 Å². The molecule has 2 atom stereocenters. The van der Waals surface area contributed by atoms with Crippen LogP contribution in [-0.2, 0) is 0 Å². The minimum atomic E-state index is -0.109. The first-order valence-electron chi connectivity index (χ1n) is 7.13. The smallest absolute Gasteiger partial charge is 0.0722 e. The van der Waals surface area contributed by atoms with Gasteiger partial charge in [-0.05, 0) is 37.8 Å². The van der Waals surface area contributed by atoms with Crippen molar-refractivity contribution in [2.24, 2.45) is 0 Å². The number of hydrogen-bond donors (Lipinski definition) is 1. The molecule has 1 aromatic heterocycles. The number of aliphatic hydroxyl groups excluding tert-OH is 1. The lowest BCUT2D eigenvalue weighted by Gasteiger charge is -2.39. The van der Waals surface area contributed by atoms with Gasteiger partial charge in [-0.3, -0.25) is 4.98 Å². The summed E-state index contributed by atoms with van der Waals surface area (Å²) in [6.07, 6.45) is 6.03. The Morgan fingerprint density at radius 1 is 1.05 bits per heavy atom. The summed E-state index contributed by atoms with van der Waals surface area (Å²) < 4.78 is 0. The zero-order valence-corrected chi connectivity index (χ0v) is 10.9. The highest BCUT2D eigenvalue weighted by atomic mass is 16.3. The molecule has 1 aromatic carbocycles. The van der Waals surface area contributed by atoms with E-state index in [0.29, 0.717) is 12.1 Å². The number of rotatable bonds is 1. The first-order valence-corrected chi connectivity index (χ1v) is 7.13. The van der Waals surface area contributed by atoms with Gasteiger partial charge in [0.25, 0.3) is 0 Å². The Bertz CT molecular complexity index is 593. The molecule has 0 amide bonds. The molecule has 0 radical (unpaired) electrons. The van der Waals surface area contributed by atoms with Gasteiger partial charge in [-0.15, -0.1) is 0 Å². The Labute approximate surface area is 112 Å². The molecule has 0 spiro atoms. The monoisotopic (exact) mass is 254 g/mol. The molecule has 2 unspecified atom stereocenters. The Hall–Kier alpha value is -1.61. The van der Waals surface area contributed by atoms with Crippen LogP contribution in [0.4, 0.5) is 5.69 Å². The number of anilines is 1. The largest absolute Gasteiger partial charge is 0.393 e. The number of pyridine rings is 1. The second-order valence-corrected chi connectivity index (χ2v) is 5.76. The molecule has 3 nitrogen and oxygen atoms in total. The van der Waals surface area contributed by atoms with Crippen molar-refractivity contribution in [1.29, 1.82) is 0 Å². The highest BCUT2D eigenvalue weighted by Gasteiger charge is 2.40. The molecule has 19 heavy (non-hydrogen) atoms. The van der Waals surface area contributed by atoms with E-state index >= 15 is 0 Å². The van der Waals surface area contributed by atoms with Gasteiger partial charge in [0.15, 0.2) is 0 Å². The van der Waals surface area contributed by atoms with Gasteiger partial charge in [0.2, 0.25) is 0 Å². The van der Waals surface area contributed by atoms with Crippen molar-refractivity contribution >= 4 is 16.6 Å². The van der Waals surface area contributed by atoms with Crippen LogP contribution < -0.4 is 4.90 Å². The molecular formula is C16H18N2O. The van der Waals surface area contributed by atoms with E-state index in [1.165, 1.54) is 23.9 Å². The molecule has 0 saturated carbocycles. The third kappa shape index (κ3) is 1.72. The predicted octanol–water partition coefficient (Wildman–Crippen LogP) is 2.73. The maximum Gasteiger partial charge on any atom is 0.0722 e. The maximum atomic E-state index is 9.93. The predicted molar refractivity (Wildman–Crippen MR) is 76.3 cm³/mol. The van der Waals surface area contributed by atoms with Crippen LogP contribution in [0.15, 0.2) is 36.5 Å². The minimum absolute atomic E-state index is 0.109. The molecule has 3 heteroatoms. The normalized spacial score (nSPS) is 29.9. The van der Waals surface area contributed by atoms with Crippen LogP contribution in [0.2, 0.25) is 0 Å². The van der Waals surface area contributed by atoms with E-state index in [0.717, 1.165) is 18.4 Å². The summed E-state index contributed by atoms with van der Waals surface area (Å²) in [7, 11) is 0. The molecule has 0 aliphatic carbocycles. The third-order valence-electron chi connectivity index (χ3n) is 4.61. The SMILES string of the molecule is OC1CC2CCC(C1)N2c1ccnc2ccccc12. The topological polar surface area (TPSA) is 36.4 Å². The highest BCUT2D eigenvalue weighted by Crippen LogP contribution is 2.41. The second kappa shape index (κ2) is 4.20. The average molecular weight is 254 g/mol. The molecule has 2 saturated heterocycles. The van der Waals surface area contributed by atoms with Crippen LogP contribution >= 0.6 is 0 Å². The Balaban J connectivity index is 1.83. The molecule has 2 aromatic rings. The van der Waals surface area contributed by atoms with Gasteiger partial charge in [-0.1, -0.05) is 18.2 Å². The summed E-state index contributed by atoms with van der Waals surface area (Å²) in [6.45, 7) is 0. The van der Waals surface area contributed by atoms with E-state index in [4.69, 9.17) is 0 Å². The Kier molecular flexibility index (Phi) is 2.49. The van der Waals surface area contributed by atoms with Gasteiger partial charge in [0, 0.05) is 29.4 Å². The van der Waals surface area contributed by atoms with Gasteiger partial charge >= 0.3 is 0 Å². The van der Waals surface area contributed by atoms with E-state index < -0.39 is 0 Å². The summed E-state index contributed by atoms with van der Waals surface area (Å²) in [5.41, 5.74) is 2.36. The molecule has 1 N–H and O–H groups in total. The van der Waals surface area contributed by atoms with Gasteiger partial charge < -0.3 is 10.0 Å². The van der Waals surface area contributed by atoms with Crippen molar-refractivity contribution in [3.8, 4) is 0 Å². The summed E-state index contributed by atoms with van der Waals surface area (Å²) in [5, 5.41) is 11.2. The summed E-state index contributed by atoms with van der Waals surface area (Å²) in [5.74, 6) is 0.